The van der Waals surface area contributed by atoms with Crippen LogP contribution < -0.4 is 0 Å². The van der Waals surface area contributed by atoms with Gasteiger partial charge in [0, 0.05) is 20.5 Å². The van der Waals surface area contributed by atoms with Crippen LogP contribution in [0.2, 0.25) is 0 Å². The Morgan fingerprint density at radius 2 is 1.56 bits per heavy atom. The standard InChI is InChI=1S/C22H15BrOS/c1-14-11-12-16-17(13-14)20(15-7-3-2-4-8-15)22(21(16)24)25-19-10-6-5-9-18(19)23/h2-13H,1H3. The van der Waals surface area contributed by atoms with E-state index in [4.69, 9.17) is 0 Å². The molecule has 0 fully saturated rings. The predicted molar refractivity (Wildman–Crippen MR) is 108 cm³/mol. The van der Waals surface area contributed by atoms with Gasteiger partial charge >= 0.3 is 0 Å². The highest BCUT2D eigenvalue weighted by Crippen LogP contribution is 2.46. The van der Waals surface area contributed by atoms with Gasteiger partial charge in [0.05, 0.1) is 4.91 Å². The fourth-order valence-corrected chi connectivity index (χ4v) is 4.64. The van der Waals surface area contributed by atoms with Crippen molar-refractivity contribution in [3.05, 3.63) is 104 Å². The normalized spacial score (nSPS) is 13.3. The molecule has 3 aromatic carbocycles. The van der Waals surface area contributed by atoms with Gasteiger partial charge in [-0.15, -0.1) is 0 Å². The van der Waals surface area contributed by atoms with Gasteiger partial charge in [0.2, 0.25) is 5.78 Å². The van der Waals surface area contributed by atoms with Crippen LogP contribution in [0.25, 0.3) is 5.57 Å². The van der Waals surface area contributed by atoms with Crippen molar-refractivity contribution < 1.29 is 4.79 Å². The number of benzene rings is 3. The van der Waals surface area contributed by atoms with Crippen LogP contribution in [-0.2, 0) is 0 Å². The molecule has 1 aliphatic rings. The van der Waals surface area contributed by atoms with Crippen LogP contribution >= 0.6 is 27.7 Å². The number of hydrogen-bond donors (Lipinski definition) is 0. The van der Waals surface area contributed by atoms with Crippen LogP contribution in [0.4, 0.5) is 0 Å². The summed E-state index contributed by atoms with van der Waals surface area (Å²) in [6.07, 6.45) is 0. The van der Waals surface area contributed by atoms with Crippen LogP contribution in [0.3, 0.4) is 0 Å². The monoisotopic (exact) mass is 406 g/mol. The van der Waals surface area contributed by atoms with Gasteiger partial charge in [-0.3, -0.25) is 4.79 Å². The summed E-state index contributed by atoms with van der Waals surface area (Å²) in [6, 6.07) is 24.2. The number of carbonyl (C=O) groups is 1. The van der Waals surface area contributed by atoms with Crippen LogP contribution in [0.5, 0.6) is 0 Å². The molecule has 0 heterocycles. The van der Waals surface area contributed by atoms with Crippen LogP contribution in [0, 0.1) is 6.92 Å². The van der Waals surface area contributed by atoms with E-state index >= 15 is 0 Å². The molecular formula is C22H15BrOS. The Morgan fingerprint density at radius 3 is 2.32 bits per heavy atom. The zero-order valence-electron chi connectivity index (χ0n) is 13.6. The molecule has 0 atom stereocenters. The first kappa shape index (κ1) is 16.4. The summed E-state index contributed by atoms with van der Waals surface area (Å²) < 4.78 is 1.000. The topological polar surface area (TPSA) is 17.1 Å². The average molecular weight is 407 g/mol. The molecular weight excluding hydrogens is 392 g/mol. The zero-order valence-corrected chi connectivity index (χ0v) is 16.0. The molecule has 1 nitrogen and oxygen atoms in total. The molecule has 3 heteroatoms. The molecule has 0 saturated carbocycles. The highest BCUT2D eigenvalue weighted by Gasteiger charge is 2.31. The number of ketones is 1. The van der Waals surface area contributed by atoms with Crippen LogP contribution in [0.1, 0.15) is 27.0 Å². The van der Waals surface area contributed by atoms with E-state index in [-0.39, 0.29) is 5.78 Å². The maximum atomic E-state index is 13.1. The Kier molecular flexibility index (Phi) is 4.36. The molecule has 0 spiro atoms. The number of aryl methyl sites for hydroxylation is 1. The number of halogens is 1. The largest absolute Gasteiger partial charge is 0.288 e. The molecule has 0 aliphatic heterocycles. The number of carbonyl (C=O) groups excluding carboxylic acids is 1. The second-order valence-corrected chi connectivity index (χ2v) is 7.89. The molecule has 122 valence electrons. The molecule has 0 aromatic heterocycles. The lowest BCUT2D eigenvalue weighted by Crippen LogP contribution is -1.96. The lowest BCUT2D eigenvalue weighted by Gasteiger charge is -2.09. The number of allylic oxidation sites excluding steroid dienone is 1. The SMILES string of the molecule is Cc1ccc2c(c1)C(c1ccccc1)=C(Sc1ccccc1Br)C2=O. The quantitative estimate of drug-likeness (QED) is 0.493. The Hall–Kier alpha value is -2.10. The summed E-state index contributed by atoms with van der Waals surface area (Å²) in [5, 5.41) is 0. The summed E-state index contributed by atoms with van der Waals surface area (Å²) in [6.45, 7) is 2.06. The summed E-state index contributed by atoms with van der Waals surface area (Å²) in [5.74, 6) is 0.106. The molecule has 0 N–H and O–H groups in total. The van der Waals surface area contributed by atoms with Crippen molar-refractivity contribution in [1.82, 2.24) is 0 Å². The summed E-state index contributed by atoms with van der Waals surface area (Å²) >= 11 is 5.13. The number of hydrogen-bond acceptors (Lipinski definition) is 2. The third-order valence-electron chi connectivity index (χ3n) is 4.23. The van der Waals surface area contributed by atoms with E-state index in [1.165, 1.54) is 11.8 Å². The van der Waals surface area contributed by atoms with Crippen molar-refractivity contribution >= 4 is 39.0 Å². The minimum Gasteiger partial charge on any atom is -0.288 e. The van der Waals surface area contributed by atoms with E-state index in [2.05, 4.69) is 41.1 Å². The second-order valence-electron chi connectivity index (χ2n) is 5.98. The van der Waals surface area contributed by atoms with Crippen molar-refractivity contribution in [3.63, 3.8) is 0 Å². The molecule has 1 aliphatic carbocycles. The van der Waals surface area contributed by atoms with E-state index in [1.54, 1.807) is 0 Å². The molecule has 0 unspecified atom stereocenters. The van der Waals surface area contributed by atoms with Gasteiger partial charge in [-0.2, -0.15) is 0 Å². The molecule has 3 aromatic rings. The number of Topliss-reactive ketones (excluding diaryl/α,β-unsaturated/α-hetero) is 1. The Labute approximate surface area is 159 Å². The first-order chi connectivity index (χ1) is 12.1. The second kappa shape index (κ2) is 6.66. The Balaban J connectivity index is 1.92. The van der Waals surface area contributed by atoms with Gasteiger partial charge in [-0.1, -0.05) is 78.0 Å². The maximum absolute atomic E-state index is 13.1. The molecule has 4 rings (SSSR count). The third kappa shape index (κ3) is 2.99. The zero-order chi connectivity index (χ0) is 17.4. The van der Waals surface area contributed by atoms with Crippen molar-refractivity contribution in [2.24, 2.45) is 0 Å². The molecule has 0 saturated heterocycles. The minimum absolute atomic E-state index is 0.106. The Bertz CT molecular complexity index is 1010. The molecule has 0 bridgehead atoms. The van der Waals surface area contributed by atoms with Gasteiger partial charge < -0.3 is 0 Å². The lowest BCUT2D eigenvalue weighted by molar-refractivity contribution is 0.104. The molecule has 0 amide bonds. The molecule has 0 radical (unpaired) electrons. The van der Waals surface area contributed by atoms with Gasteiger partial charge in [0.15, 0.2) is 0 Å². The lowest BCUT2D eigenvalue weighted by atomic mass is 9.98. The van der Waals surface area contributed by atoms with Crippen molar-refractivity contribution in [2.75, 3.05) is 0 Å². The van der Waals surface area contributed by atoms with E-state index in [1.807, 2.05) is 54.6 Å². The first-order valence-electron chi connectivity index (χ1n) is 8.03. The minimum atomic E-state index is 0.106. The van der Waals surface area contributed by atoms with E-state index in [9.17, 15) is 4.79 Å². The van der Waals surface area contributed by atoms with Crippen LogP contribution in [-0.4, -0.2) is 5.78 Å². The van der Waals surface area contributed by atoms with E-state index in [0.717, 1.165) is 42.1 Å². The number of thioether (sulfide) groups is 1. The number of fused-ring (bicyclic) bond motifs is 1. The van der Waals surface area contributed by atoms with Crippen molar-refractivity contribution in [3.8, 4) is 0 Å². The fraction of sp³-hybridized carbons (Fsp3) is 0.0455. The summed E-state index contributed by atoms with van der Waals surface area (Å²) in [7, 11) is 0. The summed E-state index contributed by atoms with van der Waals surface area (Å²) in [5.41, 5.74) is 5.09. The highest BCUT2D eigenvalue weighted by atomic mass is 79.9. The average Bonchev–Trinajstić information content (AvgIpc) is 2.89. The first-order valence-corrected chi connectivity index (χ1v) is 9.64. The predicted octanol–water partition coefficient (Wildman–Crippen LogP) is 6.51. The van der Waals surface area contributed by atoms with Crippen molar-refractivity contribution in [2.45, 2.75) is 11.8 Å². The maximum Gasteiger partial charge on any atom is 0.200 e. The summed E-state index contributed by atoms with van der Waals surface area (Å²) in [4.78, 5) is 14.9. The van der Waals surface area contributed by atoms with Crippen LogP contribution in [0.15, 0.2) is 87.1 Å². The number of rotatable bonds is 3. The fourth-order valence-electron chi connectivity index (χ4n) is 3.05. The third-order valence-corrected chi connectivity index (χ3v) is 6.36. The van der Waals surface area contributed by atoms with Gasteiger partial charge in [-0.05, 0) is 46.1 Å². The Morgan fingerprint density at radius 1 is 0.840 bits per heavy atom. The molecule has 25 heavy (non-hydrogen) atoms. The van der Waals surface area contributed by atoms with Gasteiger partial charge in [0.1, 0.15) is 0 Å². The van der Waals surface area contributed by atoms with Gasteiger partial charge in [-0.25, -0.2) is 0 Å². The van der Waals surface area contributed by atoms with E-state index < -0.39 is 0 Å². The smallest absolute Gasteiger partial charge is 0.200 e. The van der Waals surface area contributed by atoms with Crippen molar-refractivity contribution in [1.29, 1.82) is 0 Å². The van der Waals surface area contributed by atoms with Gasteiger partial charge in [0.25, 0.3) is 0 Å². The van der Waals surface area contributed by atoms with E-state index in [0.29, 0.717) is 0 Å². The highest BCUT2D eigenvalue weighted by molar-refractivity contribution is 9.10.